The first-order chi connectivity index (χ1) is 10.3. The van der Waals surface area contributed by atoms with Crippen molar-refractivity contribution < 1.29 is 21.9 Å². The number of benzene rings is 1. The Kier molecular flexibility index (Phi) is 5.03. The number of sulfonamides is 1. The van der Waals surface area contributed by atoms with Gasteiger partial charge >= 0.3 is 0 Å². The van der Waals surface area contributed by atoms with Gasteiger partial charge in [-0.25, -0.2) is 17.2 Å². The number of nitrogens with zero attached hydrogens (tertiary/aromatic N) is 1. The van der Waals surface area contributed by atoms with Crippen LogP contribution in [0.3, 0.4) is 0 Å². The number of ether oxygens (including phenoxy) is 1. The van der Waals surface area contributed by atoms with Crippen molar-refractivity contribution in [3.05, 3.63) is 24.3 Å². The van der Waals surface area contributed by atoms with Crippen LogP contribution in [0.25, 0.3) is 0 Å². The van der Waals surface area contributed by atoms with Gasteiger partial charge in [-0.3, -0.25) is 0 Å². The van der Waals surface area contributed by atoms with Crippen LogP contribution in [0.1, 0.15) is 13.3 Å². The fourth-order valence-corrected chi connectivity index (χ4v) is 3.96. The smallest absolute Gasteiger partial charge is 0.272 e. The molecular weight excluding hydrogens is 314 g/mol. The number of hydrogen-bond donors (Lipinski definition) is 1. The number of alkyl halides is 2. The molecule has 124 valence electrons. The molecule has 1 aromatic carbocycles. The lowest BCUT2D eigenvalue weighted by Crippen LogP contribution is -2.34. The molecule has 2 N–H and O–H groups in total. The predicted molar refractivity (Wildman–Crippen MR) is 78.5 cm³/mol. The van der Waals surface area contributed by atoms with Gasteiger partial charge in [0.05, 0.1) is 4.90 Å². The van der Waals surface area contributed by atoms with E-state index in [1.807, 2.05) is 6.92 Å². The van der Waals surface area contributed by atoms with Crippen molar-refractivity contribution >= 4 is 10.0 Å². The third kappa shape index (κ3) is 3.74. The van der Waals surface area contributed by atoms with Crippen LogP contribution in [-0.2, 0) is 10.0 Å². The molecule has 1 aliphatic rings. The summed E-state index contributed by atoms with van der Waals surface area (Å²) in [6.45, 7) is 2.49. The molecular formula is C14H20F2N2O3S. The van der Waals surface area contributed by atoms with Gasteiger partial charge in [0.1, 0.15) is 12.4 Å². The minimum atomic E-state index is -3.59. The van der Waals surface area contributed by atoms with E-state index in [0.717, 1.165) is 6.42 Å². The van der Waals surface area contributed by atoms with Gasteiger partial charge in [0.15, 0.2) is 0 Å². The molecule has 8 heteroatoms. The van der Waals surface area contributed by atoms with E-state index in [-0.39, 0.29) is 16.1 Å². The lowest BCUT2D eigenvalue weighted by molar-refractivity contribution is 0.0819. The molecule has 1 fully saturated rings. The Balaban J connectivity index is 2.10. The van der Waals surface area contributed by atoms with Crippen molar-refractivity contribution in [3.8, 4) is 5.75 Å². The van der Waals surface area contributed by atoms with Gasteiger partial charge in [-0.2, -0.15) is 4.31 Å². The quantitative estimate of drug-likeness (QED) is 0.859. The monoisotopic (exact) mass is 334 g/mol. The second-order valence-corrected chi connectivity index (χ2v) is 7.71. The Morgan fingerprint density at radius 2 is 2.00 bits per heavy atom. The maximum absolute atomic E-state index is 12.5. The topological polar surface area (TPSA) is 72.6 Å². The van der Waals surface area contributed by atoms with E-state index in [1.165, 1.54) is 28.6 Å². The van der Waals surface area contributed by atoms with E-state index in [9.17, 15) is 17.2 Å². The van der Waals surface area contributed by atoms with E-state index in [4.69, 9.17) is 10.5 Å². The third-order valence-electron chi connectivity index (χ3n) is 3.85. The van der Waals surface area contributed by atoms with Crippen molar-refractivity contribution in [2.75, 3.05) is 26.2 Å². The number of rotatable bonds is 6. The van der Waals surface area contributed by atoms with Crippen LogP contribution < -0.4 is 10.5 Å². The molecule has 1 aliphatic heterocycles. The highest BCUT2D eigenvalue weighted by atomic mass is 32.2. The molecule has 1 unspecified atom stereocenters. The van der Waals surface area contributed by atoms with Crippen LogP contribution in [0, 0.1) is 5.41 Å². The number of halogens is 2. The van der Waals surface area contributed by atoms with Gasteiger partial charge in [0.2, 0.25) is 10.0 Å². The van der Waals surface area contributed by atoms with E-state index in [1.54, 1.807) is 0 Å². The summed E-state index contributed by atoms with van der Waals surface area (Å²) in [6.07, 6.45) is -1.85. The van der Waals surface area contributed by atoms with Gasteiger partial charge < -0.3 is 10.5 Å². The second kappa shape index (κ2) is 6.47. The number of hydrogen-bond acceptors (Lipinski definition) is 4. The zero-order valence-corrected chi connectivity index (χ0v) is 13.2. The van der Waals surface area contributed by atoms with Crippen LogP contribution in [-0.4, -0.2) is 45.4 Å². The summed E-state index contributed by atoms with van der Waals surface area (Å²) < 4.78 is 55.5. The maximum Gasteiger partial charge on any atom is 0.272 e. The summed E-state index contributed by atoms with van der Waals surface area (Å²) in [7, 11) is -3.59. The molecule has 1 heterocycles. The van der Waals surface area contributed by atoms with E-state index >= 15 is 0 Å². The minimum Gasteiger partial charge on any atom is -0.488 e. The molecule has 0 aromatic heterocycles. The van der Waals surface area contributed by atoms with Crippen molar-refractivity contribution in [2.45, 2.75) is 24.7 Å². The van der Waals surface area contributed by atoms with Gasteiger partial charge in [-0.1, -0.05) is 6.92 Å². The second-order valence-electron chi connectivity index (χ2n) is 5.78. The van der Waals surface area contributed by atoms with Crippen LogP contribution >= 0.6 is 0 Å². The normalized spacial score (nSPS) is 23.1. The summed E-state index contributed by atoms with van der Waals surface area (Å²) in [5.74, 6) is 0.215. The molecule has 0 spiro atoms. The molecule has 2 rings (SSSR count). The zero-order valence-electron chi connectivity index (χ0n) is 12.3. The molecule has 22 heavy (non-hydrogen) atoms. The molecule has 1 atom stereocenters. The predicted octanol–water partition coefficient (Wildman–Crippen LogP) is 1.69. The Hall–Kier alpha value is -1.25. The van der Waals surface area contributed by atoms with Crippen molar-refractivity contribution in [2.24, 2.45) is 11.1 Å². The van der Waals surface area contributed by atoms with Crippen molar-refractivity contribution in [1.82, 2.24) is 4.31 Å². The highest BCUT2D eigenvalue weighted by molar-refractivity contribution is 7.89. The fourth-order valence-electron chi connectivity index (χ4n) is 2.37. The summed E-state index contributed by atoms with van der Waals surface area (Å²) in [4.78, 5) is 0.123. The van der Waals surface area contributed by atoms with E-state index in [0.29, 0.717) is 19.6 Å². The standard InChI is InChI=1S/C14H20F2N2O3S/c1-14(9-17)6-7-18(10-14)22(19,20)12-4-2-11(3-5-12)21-8-13(15)16/h2-5,13H,6-10,17H2,1H3. The minimum absolute atomic E-state index is 0.123. The summed E-state index contributed by atoms with van der Waals surface area (Å²) in [5.41, 5.74) is 5.49. The van der Waals surface area contributed by atoms with Gasteiger partial charge in [-0.15, -0.1) is 0 Å². The lowest BCUT2D eigenvalue weighted by Gasteiger charge is -2.22. The lowest BCUT2D eigenvalue weighted by atomic mass is 9.90. The molecule has 0 bridgehead atoms. The van der Waals surface area contributed by atoms with Crippen LogP contribution in [0.15, 0.2) is 29.2 Å². The van der Waals surface area contributed by atoms with Gasteiger partial charge in [0, 0.05) is 13.1 Å². The maximum atomic E-state index is 12.5. The average molecular weight is 334 g/mol. The van der Waals surface area contributed by atoms with Crippen molar-refractivity contribution in [3.63, 3.8) is 0 Å². The number of nitrogens with two attached hydrogens (primary N) is 1. The first kappa shape index (κ1) is 17.1. The first-order valence-electron chi connectivity index (χ1n) is 6.98. The summed E-state index contributed by atoms with van der Waals surface area (Å²) >= 11 is 0. The van der Waals surface area contributed by atoms with Gasteiger partial charge in [0.25, 0.3) is 6.43 Å². The van der Waals surface area contributed by atoms with Crippen molar-refractivity contribution in [1.29, 1.82) is 0 Å². The Labute approximate surface area is 129 Å². The van der Waals surface area contributed by atoms with Gasteiger partial charge in [-0.05, 0) is 42.6 Å². The van der Waals surface area contributed by atoms with Crippen LogP contribution in [0.2, 0.25) is 0 Å². The SMILES string of the molecule is CC1(CN)CCN(S(=O)(=O)c2ccc(OCC(F)F)cc2)C1. The van der Waals surface area contributed by atoms with E-state index in [2.05, 4.69) is 0 Å². The average Bonchev–Trinajstić information content (AvgIpc) is 2.89. The fraction of sp³-hybridized carbons (Fsp3) is 0.571. The molecule has 0 saturated carbocycles. The molecule has 5 nitrogen and oxygen atoms in total. The highest BCUT2D eigenvalue weighted by Crippen LogP contribution is 2.32. The molecule has 1 aromatic rings. The Bertz CT molecular complexity index is 607. The summed E-state index contributed by atoms with van der Waals surface area (Å²) in [5, 5.41) is 0. The largest absolute Gasteiger partial charge is 0.488 e. The third-order valence-corrected chi connectivity index (χ3v) is 5.71. The molecule has 0 aliphatic carbocycles. The molecule has 0 amide bonds. The van der Waals surface area contributed by atoms with Crippen LogP contribution in [0.4, 0.5) is 8.78 Å². The Morgan fingerprint density at radius 3 is 2.50 bits per heavy atom. The molecule has 0 radical (unpaired) electrons. The zero-order chi connectivity index (χ0) is 16.4. The highest BCUT2D eigenvalue weighted by Gasteiger charge is 2.38. The Morgan fingerprint density at radius 1 is 1.36 bits per heavy atom. The molecule has 1 saturated heterocycles. The first-order valence-corrected chi connectivity index (χ1v) is 8.42. The van der Waals surface area contributed by atoms with E-state index < -0.39 is 23.1 Å². The van der Waals surface area contributed by atoms with Crippen LogP contribution in [0.5, 0.6) is 5.75 Å². The summed E-state index contributed by atoms with van der Waals surface area (Å²) in [6, 6.07) is 5.50.